The average molecular weight is 347 g/mol. The van der Waals surface area contributed by atoms with Crippen molar-refractivity contribution in [3.8, 4) is 0 Å². The molecule has 1 aromatic carbocycles. The van der Waals surface area contributed by atoms with Crippen molar-refractivity contribution in [3.05, 3.63) is 53.6 Å². The highest BCUT2D eigenvalue weighted by Gasteiger charge is 2.19. The second-order valence-electron chi connectivity index (χ2n) is 5.62. The Morgan fingerprint density at radius 3 is 2.68 bits per heavy atom. The number of hydrogen-bond donors (Lipinski definition) is 3. The van der Waals surface area contributed by atoms with Gasteiger partial charge in [0.2, 0.25) is 11.8 Å². The normalized spacial score (nSPS) is 11.8. The van der Waals surface area contributed by atoms with Crippen LogP contribution >= 0.6 is 0 Å². The fourth-order valence-corrected chi connectivity index (χ4v) is 2.42. The van der Waals surface area contributed by atoms with Crippen molar-refractivity contribution in [2.24, 2.45) is 7.05 Å². The third-order valence-electron chi connectivity index (χ3n) is 3.61. The number of halogens is 1. The molecule has 1 heterocycles. The van der Waals surface area contributed by atoms with Gasteiger partial charge in [0.15, 0.2) is 0 Å². The lowest BCUT2D eigenvalue weighted by molar-refractivity contribution is -0.124. The van der Waals surface area contributed by atoms with Gasteiger partial charge in [-0.05, 0) is 24.7 Å². The van der Waals surface area contributed by atoms with E-state index in [1.165, 1.54) is 12.1 Å². The Kier molecular flexibility index (Phi) is 6.64. The molecule has 0 bridgehead atoms. The van der Waals surface area contributed by atoms with Crippen LogP contribution in [-0.2, 0) is 23.1 Å². The number of nitrogens with one attached hydrogen (secondary N) is 3. The predicted octanol–water partition coefficient (Wildman–Crippen LogP) is 0.295. The number of hydrogen-bond acceptors (Lipinski definition) is 4. The maximum Gasteiger partial charge on any atom is 0.241 e. The summed E-state index contributed by atoms with van der Waals surface area (Å²) in [6.07, 6.45) is 3.49. The maximum atomic E-state index is 13.1. The van der Waals surface area contributed by atoms with E-state index < -0.39 is 6.04 Å². The molecule has 0 radical (unpaired) electrons. The Labute approximate surface area is 145 Å². The lowest BCUT2D eigenvalue weighted by atomic mass is 10.1. The van der Waals surface area contributed by atoms with Crippen molar-refractivity contribution in [1.82, 2.24) is 25.7 Å². The molecule has 0 saturated carbocycles. The van der Waals surface area contributed by atoms with Gasteiger partial charge in [-0.2, -0.15) is 5.10 Å². The Hall–Kier alpha value is -2.74. The number of aromatic nitrogens is 2. The van der Waals surface area contributed by atoms with Gasteiger partial charge in [-0.3, -0.25) is 14.3 Å². The molecule has 2 aromatic rings. The van der Waals surface area contributed by atoms with Crippen LogP contribution in [0.4, 0.5) is 4.39 Å². The maximum absolute atomic E-state index is 13.1. The van der Waals surface area contributed by atoms with E-state index in [-0.39, 0.29) is 24.1 Å². The molecule has 1 unspecified atom stereocenters. The van der Waals surface area contributed by atoms with Crippen LogP contribution in [0.25, 0.3) is 0 Å². The second kappa shape index (κ2) is 8.93. The third kappa shape index (κ3) is 5.68. The molecule has 7 nitrogen and oxygen atoms in total. The van der Waals surface area contributed by atoms with Gasteiger partial charge in [0.05, 0.1) is 12.6 Å². The molecule has 2 amide bonds. The van der Waals surface area contributed by atoms with Crippen LogP contribution in [0, 0.1) is 5.82 Å². The minimum Gasteiger partial charge on any atom is -0.354 e. The Bertz CT molecular complexity index is 731. The van der Waals surface area contributed by atoms with Crippen LogP contribution in [0.1, 0.15) is 17.2 Å². The molecule has 0 fully saturated rings. The van der Waals surface area contributed by atoms with Gasteiger partial charge in [0.1, 0.15) is 11.9 Å². The van der Waals surface area contributed by atoms with Gasteiger partial charge in [0, 0.05) is 31.9 Å². The van der Waals surface area contributed by atoms with Gasteiger partial charge in [-0.25, -0.2) is 4.39 Å². The minimum absolute atomic E-state index is 0.0977. The summed E-state index contributed by atoms with van der Waals surface area (Å²) < 4.78 is 14.7. The molecule has 8 heteroatoms. The summed E-state index contributed by atoms with van der Waals surface area (Å²) in [5.41, 5.74) is 1.37. The first-order valence-corrected chi connectivity index (χ1v) is 7.94. The number of aryl methyl sites for hydroxylation is 1. The molecule has 0 aliphatic rings. The van der Waals surface area contributed by atoms with Crippen molar-refractivity contribution in [1.29, 1.82) is 0 Å². The topological polar surface area (TPSA) is 88.1 Å². The molecule has 0 saturated heterocycles. The first-order chi connectivity index (χ1) is 12.0. The molecule has 25 heavy (non-hydrogen) atoms. The molecule has 1 aromatic heterocycles. The summed E-state index contributed by atoms with van der Waals surface area (Å²) in [7, 11) is 3.47. The van der Waals surface area contributed by atoms with Crippen LogP contribution in [0.3, 0.4) is 0 Å². The lowest BCUT2D eigenvalue weighted by Gasteiger charge is -2.14. The smallest absolute Gasteiger partial charge is 0.241 e. The molecule has 0 spiro atoms. The summed E-state index contributed by atoms with van der Waals surface area (Å²) in [5.74, 6) is -0.793. The summed E-state index contributed by atoms with van der Waals surface area (Å²) in [5, 5.41) is 12.4. The van der Waals surface area contributed by atoms with E-state index in [1.807, 2.05) is 0 Å². The number of benzene rings is 1. The molecule has 1 atom stereocenters. The Balaban J connectivity index is 1.72. The van der Waals surface area contributed by atoms with Crippen molar-refractivity contribution in [3.63, 3.8) is 0 Å². The molecule has 2 rings (SSSR count). The van der Waals surface area contributed by atoms with Crippen LogP contribution in [0.2, 0.25) is 0 Å². The molecular weight excluding hydrogens is 325 g/mol. The average Bonchev–Trinajstić information content (AvgIpc) is 2.98. The highest BCUT2D eigenvalue weighted by Crippen LogP contribution is 2.10. The Morgan fingerprint density at radius 1 is 1.28 bits per heavy atom. The largest absolute Gasteiger partial charge is 0.354 e. The quantitative estimate of drug-likeness (QED) is 0.599. The van der Waals surface area contributed by atoms with E-state index in [9.17, 15) is 14.0 Å². The zero-order valence-corrected chi connectivity index (χ0v) is 14.3. The number of carbonyl (C=O) groups is 2. The lowest BCUT2D eigenvalue weighted by Crippen LogP contribution is -2.40. The van der Waals surface area contributed by atoms with Crippen LogP contribution < -0.4 is 16.0 Å². The highest BCUT2D eigenvalue weighted by atomic mass is 19.1. The standard InChI is InChI=1S/C17H22FN5O2/c1-19-16(13-10-22-23(2)11-13)17(25)21-7-6-20-15(24)9-12-4-3-5-14(18)8-12/h3-5,8,10-11,16,19H,6-7,9H2,1-2H3,(H,20,24)(H,21,25). The second-order valence-corrected chi connectivity index (χ2v) is 5.62. The van der Waals surface area contributed by atoms with Gasteiger partial charge in [-0.15, -0.1) is 0 Å². The van der Waals surface area contributed by atoms with E-state index in [2.05, 4.69) is 21.0 Å². The van der Waals surface area contributed by atoms with E-state index in [1.54, 1.807) is 43.3 Å². The van der Waals surface area contributed by atoms with E-state index >= 15 is 0 Å². The number of nitrogens with zero attached hydrogens (tertiary/aromatic N) is 2. The summed E-state index contributed by atoms with van der Waals surface area (Å²) >= 11 is 0. The highest BCUT2D eigenvalue weighted by molar-refractivity contribution is 5.83. The number of carbonyl (C=O) groups excluding carboxylic acids is 2. The molecule has 0 aliphatic carbocycles. The fraction of sp³-hybridized carbons (Fsp3) is 0.353. The monoisotopic (exact) mass is 347 g/mol. The Morgan fingerprint density at radius 2 is 2.04 bits per heavy atom. The number of amides is 2. The van der Waals surface area contributed by atoms with Gasteiger partial charge < -0.3 is 16.0 Å². The van der Waals surface area contributed by atoms with Crippen LogP contribution in [0.5, 0.6) is 0 Å². The molecule has 3 N–H and O–H groups in total. The van der Waals surface area contributed by atoms with Crippen molar-refractivity contribution in [2.45, 2.75) is 12.5 Å². The SMILES string of the molecule is CNC(C(=O)NCCNC(=O)Cc1cccc(F)c1)c1cnn(C)c1. The van der Waals surface area contributed by atoms with E-state index in [4.69, 9.17) is 0 Å². The first-order valence-electron chi connectivity index (χ1n) is 7.94. The predicted molar refractivity (Wildman–Crippen MR) is 91.1 cm³/mol. The summed E-state index contributed by atoms with van der Waals surface area (Å²) in [6.45, 7) is 0.593. The number of rotatable bonds is 8. The molecular formula is C17H22FN5O2. The zero-order valence-electron chi connectivity index (χ0n) is 14.3. The summed E-state index contributed by atoms with van der Waals surface area (Å²) in [4.78, 5) is 24.0. The van der Waals surface area contributed by atoms with Crippen molar-refractivity contribution in [2.75, 3.05) is 20.1 Å². The van der Waals surface area contributed by atoms with Gasteiger partial charge in [-0.1, -0.05) is 12.1 Å². The van der Waals surface area contributed by atoms with Crippen molar-refractivity contribution < 1.29 is 14.0 Å². The van der Waals surface area contributed by atoms with Crippen molar-refractivity contribution >= 4 is 11.8 Å². The first kappa shape index (κ1) is 18.6. The minimum atomic E-state index is -0.503. The van der Waals surface area contributed by atoms with Gasteiger partial charge in [0.25, 0.3) is 0 Å². The van der Waals surface area contributed by atoms with E-state index in [0.29, 0.717) is 18.7 Å². The number of likely N-dealkylation sites (N-methyl/N-ethyl adjacent to an activating group) is 1. The summed E-state index contributed by atoms with van der Waals surface area (Å²) in [6, 6.07) is 5.41. The molecule has 0 aliphatic heterocycles. The third-order valence-corrected chi connectivity index (χ3v) is 3.61. The van der Waals surface area contributed by atoms with E-state index in [0.717, 1.165) is 5.56 Å². The molecule has 134 valence electrons. The van der Waals surface area contributed by atoms with Crippen LogP contribution in [-0.4, -0.2) is 41.7 Å². The van der Waals surface area contributed by atoms with Gasteiger partial charge >= 0.3 is 0 Å². The van der Waals surface area contributed by atoms with Crippen LogP contribution in [0.15, 0.2) is 36.7 Å². The fourth-order valence-electron chi connectivity index (χ4n) is 2.42. The zero-order chi connectivity index (χ0) is 18.2.